The van der Waals surface area contributed by atoms with Crippen molar-refractivity contribution in [1.82, 2.24) is 4.72 Å². The lowest BCUT2D eigenvalue weighted by Crippen LogP contribution is -2.27. The number of sulfonamides is 1. The zero-order valence-corrected chi connectivity index (χ0v) is 18.8. The summed E-state index contributed by atoms with van der Waals surface area (Å²) in [5.41, 5.74) is 0.785. The maximum atomic E-state index is 12.7. The molecule has 2 amide bonds. The van der Waals surface area contributed by atoms with Gasteiger partial charge in [-0.1, -0.05) is 20.8 Å². The Labute approximate surface area is 182 Å². The normalized spacial score (nSPS) is 14.1. The first-order chi connectivity index (χ1) is 14.5. The van der Waals surface area contributed by atoms with Crippen molar-refractivity contribution in [2.24, 2.45) is 5.41 Å². The van der Waals surface area contributed by atoms with Crippen molar-refractivity contribution < 1.29 is 22.7 Å². The van der Waals surface area contributed by atoms with Gasteiger partial charge in [-0.2, -0.15) is 0 Å². The molecule has 0 unspecified atom stereocenters. The molecular formula is C22H27N3O5S. The van der Waals surface area contributed by atoms with Crippen LogP contribution < -0.4 is 20.1 Å². The van der Waals surface area contributed by atoms with Gasteiger partial charge in [0.25, 0.3) is 5.91 Å². The van der Waals surface area contributed by atoms with E-state index >= 15 is 0 Å². The van der Waals surface area contributed by atoms with Crippen molar-refractivity contribution in [1.29, 1.82) is 0 Å². The van der Waals surface area contributed by atoms with Crippen molar-refractivity contribution in [3.8, 4) is 5.75 Å². The average Bonchev–Trinajstić information content (AvgIpc) is 3.51. The smallest absolute Gasteiger partial charge is 0.255 e. The third-order valence-electron chi connectivity index (χ3n) is 4.70. The summed E-state index contributed by atoms with van der Waals surface area (Å²) in [7, 11) is -2.41. The van der Waals surface area contributed by atoms with Gasteiger partial charge >= 0.3 is 0 Å². The van der Waals surface area contributed by atoms with Crippen molar-refractivity contribution in [2.75, 3.05) is 17.7 Å². The zero-order valence-electron chi connectivity index (χ0n) is 18.0. The first-order valence-corrected chi connectivity index (χ1v) is 11.4. The summed E-state index contributed by atoms with van der Waals surface area (Å²) in [6, 6.07) is 10.9. The highest BCUT2D eigenvalue weighted by Crippen LogP contribution is 2.28. The predicted molar refractivity (Wildman–Crippen MR) is 119 cm³/mol. The summed E-state index contributed by atoms with van der Waals surface area (Å²) in [6.45, 7) is 5.46. The second kappa shape index (κ2) is 8.68. The lowest BCUT2D eigenvalue weighted by Gasteiger charge is -2.17. The van der Waals surface area contributed by atoms with Gasteiger partial charge in [0.2, 0.25) is 15.9 Å². The average molecular weight is 446 g/mol. The molecule has 2 aromatic carbocycles. The highest BCUT2D eigenvalue weighted by atomic mass is 32.2. The molecular weight excluding hydrogens is 418 g/mol. The van der Waals surface area contributed by atoms with Gasteiger partial charge in [0.15, 0.2) is 0 Å². The number of hydrogen-bond donors (Lipinski definition) is 3. The fourth-order valence-electron chi connectivity index (χ4n) is 2.67. The van der Waals surface area contributed by atoms with E-state index in [1.807, 2.05) is 20.8 Å². The molecule has 9 heteroatoms. The second-order valence-electron chi connectivity index (χ2n) is 8.50. The fraction of sp³-hybridized carbons (Fsp3) is 0.364. The van der Waals surface area contributed by atoms with E-state index in [4.69, 9.17) is 4.74 Å². The van der Waals surface area contributed by atoms with Crippen LogP contribution in [0.3, 0.4) is 0 Å². The third-order valence-corrected chi connectivity index (χ3v) is 6.24. The highest BCUT2D eigenvalue weighted by molar-refractivity contribution is 7.89. The molecule has 31 heavy (non-hydrogen) atoms. The Balaban J connectivity index is 1.74. The van der Waals surface area contributed by atoms with Crippen molar-refractivity contribution in [3.05, 3.63) is 48.0 Å². The number of benzene rings is 2. The summed E-state index contributed by atoms with van der Waals surface area (Å²) in [5.74, 6) is -0.406. The summed E-state index contributed by atoms with van der Waals surface area (Å²) in [4.78, 5) is 24.7. The minimum Gasteiger partial charge on any atom is -0.495 e. The molecule has 8 nitrogen and oxygen atoms in total. The van der Waals surface area contributed by atoms with E-state index in [0.717, 1.165) is 12.8 Å². The van der Waals surface area contributed by atoms with Crippen LogP contribution in [-0.4, -0.2) is 33.4 Å². The van der Waals surface area contributed by atoms with Gasteiger partial charge < -0.3 is 15.4 Å². The Morgan fingerprint density at radius 2 is 1.55 bits per heavy atom. The quantitative estimate of drug-likeness (QED) is 0.605. The van der Waals surface area contributed by atoms with Gasteiger partial charge in [-0.25, -0.2) is 13.1 Å². The summed E-state index contributed by atoms with van der Waals surface area (Å²) in [5, 5.41) is 5.54. The van der Waals surface area contributed by atoms with Crippen molar-refractivity contribution in [3.63, 3.8) is 0 Å². The zero-order chi connectivity index (χ0) is 22.8. The third kappa shape index (κ3) is 5.83. The topological polar surface area (TPSA) is 114 Å². The second-order valence-corrected chi connectivity index (χ2v) is 10.2. The lowest BCUT2D eigenvalue weighted by molar-refractivity contribution is -0.123. The summed E-state index contributed by atoms with van der Waals surface area (Å²) < 4.78 is 33.0. The van der Waals surface area contributed by atoms with Gasteiger partial charge in [0.1, 0.15) is 10.6 Å². The molecule has 0 aromatic heterocycles. The largest absolute Gasteiger partial charge is 0.495 e. The molecule has 0 heterocycles. The first kappa shape index (κ1) is 22.8. The van der Waals surface area contributed by atoms with E-state index in [0.29, 0.717) is 11.4 Å². The number of amides is 2. The summed E-state index contributed by atoms with van der Waals surface area (Å²) >= 11 is 0. The van der Waals surface area contributed by atoms with E-state index in [1.54, 1.807) is 24.3 Å². The van der Waals surface area contributed by atoms with Crippen molar-refractivity contribution >= 4 is 33.2 Å². The number of nitrogens with one attached hydrogen (secondary N) is 3. The molecule has 0 atom stereocenters. The molecule has 1 saturated carbocycles. The van der Waals surface area contributed by atoms with Gasteiger partial charge in [-0.15, -0.1) is 0 Å². The molecule has 0 bridgehead atoms. The molecule has 3 rings (SSSR count). The fourth-order valence-corrected chi connectivity index (χ4v) is 4.17. The van der Waals surface area contributed by atoms with Crippen LogP contribution in [0.25, 0.3) is 0 Å². The highest BCUT2D eigenvalue weighted by Gasteiger charge is 2.30. The first-order valence-electron chi connectivity index (χ1n) is 9.93. The molecule has 0 saturated heterocycles. The molecule has 0 aliphatic heterocycles. The Morgan fingerprint density at radius 1 is 0.968 bits per heavy atom. The Bertz CT molecular complexity index is 1090. The Morgan fingerprint density at radius 3 is 2.06 bits per heavy atom. The maximum Gasteiger partial charge on any atom is 0.255 e. The van der Waals surface area contributed by atoms with Gasteiger partial charge in [0.05, 0.1) is 7.11 Å². The SMILES string of the molecule is COc1ccc(C(=O)Nc2ccc(NC(=O)C(C)(C)C)cc2)cc1S(=O)(=O)NC1CC1. The number of rotatable bonds is 7. The minimum absolute atomic E-state index is 0.0653. The number of hydrogen-bond acceptors (Lipinski definition) is 5. The van der Waals surface area contributed by atoms with Crippen LogP contribution in [-0.2, 0) is 14.8 Å². The van der Waals surface area contributed by atoms with Gasteiger partial charge in [0, 0.05) is 28.4 Å². The van der Waals surface area contributed by atoms with E-state index in [-0.39, 0.29) is 28.2 Å². The number of carbonyl (C=O) groups is 2. The Hall–Kier alpha value is -2.91. The molecule has 166 valence electrons. The van der Waals surface area contributed by atoms with Gasteiger partial charge in [-0.3, -0.25) is 9.59 Å². The standard InChI is InChI=1S/C22H27N3O5S/c1-22(2,3)21(27)24-16-8-6-15(7-9-16)23-20(26)14-5-12-18(30-4)19(13-14)31(28,29)25-17-10-11-17/h5-9,12-13,17,25H,10-11H2,1-4H3,(H,23,26)(H,24,27). The van der Waals surface area contributed by atoms with Crippen LogP contribution in [0.1, 0.15) is 44.0 Å². The van der Waals surface area contributed by atoms with E-state index in [1.165, 1.54) is 25.3 Å². The molecule has 0 spiro atoms. The van der Waals surface area contributed by atoms with Gasteiger partial charge in [-0.05, 0) is 55.3 Å². The van der Waals surface area contributed by atoms with E-state index in [2.05, 4.69) is 15.4 Å². The molecule has 2 aromatic rings. The van der Waals surface area contributed by atoms with E-state index < -0.39 is 21.3 Å². The van der Waals surface area contributed by atoms with Crippen LogP contribution in [0.15, 0.2) is 47.4 Å². The maximum absolute atomic E-state index is 12.7. The van der Waals surface area contributed by atoms with Crippen LogP contribution in [0.4, 0.5) is 11.4 Å². The predicted octanol–water partition coefficient (Wildman–Crippen LogP) is 3.37. The van der Waals surface area contributed by atoms with Crippen LogP contribution in [0.2, 0.25) is 0 Å². The summed E-state index contributed by atoms with van der Waals surface area (Å²) in [6.07, 6.45) is 1.60. The molecule has 3 N–H and O–H groups in total. The van der Waals surface area contributed by atoms with Crippen LogP contribution >= 0.6 is 0 Å². The monoisotopic (exact) mass is 445 g/mol. The van der Waals surface area contributed by atoms with Crippen LogP contribution in [0, 0.1) is 5.41 Å². The van der Waals surface area contributed by atoms with Crippen LogP contribution in [0.5, 0.6) is 5.75 Å². The Kier molecular flexibility index (Phi) is 6.38. The van der Waals surface area contributed by atoms with Crippen molar-refractivity contribution in [2.45, 2.75) is 44.6 Å². The molecule has 1 fully saturated rings. The van der Waals surface area contributed by atoms with E-state index in [9.17, 15) is 18.0 Å². The minimum atomic E-state index is -3.79. The lowest BCUT2D eigenvalue weighted by atomic mass is 9.95. The number of carbonyl (C=O) groups excluding carboxylic acids is 2. The number of anilines is 2. The molecule has 1 aliphatic rings. The number of ether oxygens (including phenoxy) is 1. The molecule has 0 radical (unpaired) electrons. The number of methoxy groups -OCH3 is 1. The molecule has 1 aliphatic carbocycles.